The molecular formula is C14H16N2O4. The Kier molecular flexibility index (Phi) is 4.73. The maximum absolute atomic E-state index is 11.4. The first-order chi connectivity index (χ1) is 9.74. The van der Waals surface area contributed by atoms with Crippen LogP contribution in [-0.4, -0.2) is 25.2 Å². The van der Waals surface area contributed by atoms with E-state index < -0.39 is 5.97 Å². The molecule has 6 heteroatoms. The van der Waals surface area contributed by atoms with Crippen molar-refractivity contribution in [3.63, 3.8) is 0 Å². The first-order valence-corrected chi connectivity index (χ1v) is 6.09. The summed E-state index contributed by atoms with van der Waals surface area (Å²) in [5, 5.41) is 3.21. The number of esters is 1. The molecule has 0 aromatic carbocycles. The number of carbonyl (C=O) groups excluding carboxylic acids is 1. The zero-order valence-electron chi connectivity index (χ0n) is 11.4. The number of pyridine rings is 1. The highest BCUT2D eigenvalue weighted by atomic mass is 16.5. The summed E-state index contributed by atoms with van der Waals surface area (Å²) in [6, 6.07) is 5.47. The standard InChI is InChI=1S/C14H16N2O4/c1-18-12-4-3-10(8-16-12)7-15-9-11-5-6-20-13(11)14(17)19-2/h3-6,8,15H,7,9H2,1-2H3. The van der Waals surface area contributed by atoms with Crippen molar-refractivity contribution in [2.24, 2.45) is 0 Å². The summed E-state index contributed by atoms with van der Waals surface area (Å²) in [5.41, 5.74) is 1.78. The minimum atomic E-state index is -0.474. The second-order valence-electron chi connectivity index (χ2n) is 4.08. The van der Waals surface area contributed by atoms with Crippen LogP contribution in [-0.2, 0) is 17.8 Å². The highest BCUT2D eigenvalue weighted by Gasteiger charge is 2.15. The van der Waals surface area contributed by atoms with Gasteiger partial charge in [0.15, 0.2) is 0 Å². The van der Waals surface area contributed by atoms with E-state index in [4.69, 9.17) is 9.15 Å². The largest absolute Gasteiger partial charge is 0.481 e. The van der Waals surface area contributed by atoms with E-state index in [0.717, 1.165) is 11.1 Å². The Morgan fingerprint density at radius 2 is 2.15 bits per heavy atom. The van der Waals surface area contributed by atoms with Crippen LogP contribution in [0, 0.1) is 0 Å². The number of furan rings is 1. The number of carbonyl (C=O) groups is 1. The molecular weight excluding hydrogens is 260 g/mol. The molecule has 0 radical (unpaired) electrons. The number of hydrogen-bond acceptors (Lipinski definition) is 6. The third-order valence-corrected chi connectivity index (χ3v) is 2.77. The minimum Gasteiger partial charge on any atom is -0.481 e. The second-order valence-corrected chi connectivity index (χ2v) is 4.08. The van der Waals surface area contributed by atoms with E-state index in [1.165, 1.54) is 13.4 Å². The van der Waals surface area contributed by atoms with Crippen LogP contribution in [0.1, 0.15) is 21.7 Å². The first-order valence-electron chi connectivity index (χ1n) is 6.09. The van der Waals surface area contributed by atoms with Crippen LogP contribution in [0.3, 0.4) is 0 Å². The number of hydrogen-bond donors (Lipinski definition) is 1. The lowest BCUT2D eigenvalue weighted by Crippen LogP contribution is -2.15. The molecule has 0 aliphatic carbocycles. The molecule has 0 aliphatic rings. The van der Waals surface area contributed by atoms with Crippen molar-refractivity contribution in [3.05, 3.63) is 47.5 Å². The van der Waals surface area contributed by atoms with Gasteiger partial charge in [-0.25, -0.2) is 9.78 Å². The fourth-order valence-electron chi connectivity index (χ4n) is 1.72. The van der Waals surface area contributed by atoms with Crippen LogP contribution in [0.5, 0.6) is 5.88 Å². The number of methoxy groups -OCH3 is 2. The molecule has 6 nitrogen and oxygen atoms in total. The van der Waals surface area contributed by atoms with Gasteiger partial charge in [0.05, 0.1) is 20.5 Å². The number of nitrogens with one attached hydrogen (secondary N) is 1. The maximum Gasteiger partial charge on any atom is 0.374 e. The highest BCUT2D eigenvalue weighted by Crippen LogP contribution is 2.12. The quantitative estimate of drug-likeness (QED) is 0.810. The molecule has 0 aliphatic heterocycles. The van der Waals surface area contributed by atoms with Gasteiger partial charge in [-0.15, -0.1) is 0 Å². The van der Waals surface area contributed by atoms with E-state index in [9.17, 15) is 4.79 Å². The smallest absolute Gasteiger partial charge is 0.374 e. The molecule has 1 N–H and O–H groups in total. The monoisotopic (exact) mass is 276 g/mol. The van der Waals surface area contributed by atoms with Gasteiger partial charge in [0, 0.05) is 30.9 Å². The summed E-state index contributed by atoms with van der Waals surface area (Å²) in [4.78, 5) is 15.5. The van der Waals surface area contributed by atoms with Crippen molar-refractivity contribution in [2.45, 2.75) is 13.1 Å². The van der Waals surface area contributed by atoms with Crippen molar-refractivity contribution >= 4 is 5.97 Å². The summed E-state index contributed by atoms with van der Waals surface area (Å²) >= 11 is 0. The first kappa shape index (κ1) is 14.1. The average molecular weight is 276 g/mol. The van der Waals surface area contributed by atoms with Gasteiger partial charge in [-0.3, -0.25) is 0 Å². The van der Waals surface area contributed by atoms with Gasteiger partial charge in [0.2, 0.25) is 11.6 Å². The van der Waals surface area contributed by atoms with Gasteiger partial charge in [-0.2, -0.15) is 0 Å². The average Bonchev–Trinajstić information content (AvgIpc) is 2.95. The molecule has 0 fully saturated rings. The topological polar surface area (TPSA) is 73.6 Å². The molecule has 0 saturated heterocycles. The van der Waals surface area contributed by atoms with Crippen LogP contribution in [0.15, 0.2) is 35.1 Å². The highest BCUT2D eigenvalue weighted by molar-refractivity contribution is 5.87. The SMILES string of the molecule is COC(=O)c1occc1CNCc1ccc(OC)nc1. The molecule has 2 aromatic rings. The van der Waals surface area contributed by atoms with Crippen molar-refractivity contribution in [1.29, 1.82) is 0 Å². The normalized spacial score (nSPS) is 10.3. The maximum atomic E-state index is 11.4. The van der Waals surface area contributed by atoms with Gasteiger partial charge in [-0.1, -0.05) is 6.07 Å². The molecule has 0 bridgehead atoms. The summed E-state index contributed by atoms with van der Waals surface area (Å²) in [6.45, 7) is 1.13. The Hall–Kier alpha value is -2.34. The zero-order chi connectivity index (χ0) is 14.4. The molecule has 0 atom stereocenters. The van der Waals surface area contributed by atoms with E-state index in [0.29, 0.717) is 19.0 Å². The Labute approximate surface area is 116 Å². The van der Waals surface area contributed by atoms with Gasteiger partial charge in [0.25, 0.3) is 0 Å². The fraction of sp³-hybridized carbons (Fsp3) is 0.286. The van der Waals surface area contributed by atoms with E-state index in [2.05, 4.69) is 15.0 Å². The minimum absolute atomic E-state index is 0.229. The molecule has 2 rings (SSSR count). The van der Waals surface area contributed by atoms with Gasteiger partial charge in [0.1, 0.15) is 0 Å². The molecule has 0 saturated carbocycles. The second kappa shape index (κ2) is 6.72. The summed E-state index contributed by atoms with van der Waals surface area (Å²) in [5.74, 6) is 0.335. The molecule has 2 aromatic heterocycles. The lowest BCUT2D eigenvalue weighted by molar-refractivity contribution is 0.0563. The molecule has 20 heavy (non-hydrogen) atoms. The summed E-state index contributed by atoms with van der Waals surface area (Å²) in [6.07, 6.45) is 3.21. The summed E-state index contributed by atoms with van der Waals surface area (Å²) < 4.78 is 14.7. The fourth-order valence-corrected chi connectivity index (χ4v) is 1.72. The van der Waals surface area contributed by atoms with Crippen molar-refractivity contribution in [2.75, 3.05) is 14.2 Å². The van der Waals surface area contributed by atoms with Crippen molar-refractivity contribution < 1.29 is 18.7 Å². The summed E-state index contributed by atoms with van der Waals surface area (Å²) in [7, 11) is 2.90. The van der Waals surface area contributed by atoms with Crippen LogP contribution in [0.4, 0.5) is 0 Å². The Bertz CT molecular complexity index is 563. The third-order valence-electron chi connectivity index (χ3n) is 2.77. The zero-order valence-corrected chi connectivity index (χ0v) is 11.4. The molecule has 0 amide bonds. The van der Waals surface area contributed by atoms with E-state index >= 15 is 0 Å². The van der Waals surface area contributed by atoms with E-state index in [1.54, 1.807) is 25.4 Å². The Morgan fingerprint density at radius 3 is 2.80 bits per heavy atom. The number of aromatic nitrogens is 1. The molecule has 0 unspecified atom stereocenters. The van der Waals surface area contributed by atoms with Crippen LogP contribution in [0.25, 0.3) is 0 Å². The van der Waals surface area contributed by atoms with Crippen LogP contribution in [0.2, 0.25) is 0 Å². The predicted molar refractivity (Wildman–Crippen MR) is 71.4 cm³/mol. The van der Waals surface area contributed by atoms with E-state index in [-0.39, 0.29) is 5.76 Å². The van der Waals surface area contributed by atoms with Gasteiger partial charge < -0.3 is 19.2 Å². The number of rotatable bonds is 6. The van der Waals surface area contributed by atoms with Gasteiger partial charge >= 0.3 is 5.97 Å². The van der Waals surface area contributed by atoms with Gasteiger partial charge in [-0.05, 0) is 11.6 Å². The van der Waals surface area contributed by atoms with Crippen LogP contribution < -0.4 is 10.1 Å². The molecule has 0 spiro atoms. The third kappa shape index (κ3) is 3.36. The van der Waals surface area contributed by atoms with E-state index in [1.807, 2.05) is 6.07 Å². The molecule has 106 valence electrons. The van der Waals surface area contributed by atoms with Crippen molar-refractivity contribution in [3.8, 4) is 5.88 Å². The Morgan fingerprint density at radius 1 is 1.30 bits per heavy atom. The lowest BCUT2D eigenvalue weighted by Gasteiger charge is -2.05. The van der Waals surface area contributed by atoms with Crippen molar-refractivity contribution in [1.82, 2.24) is 10.3 Å². The van der Waals surface area contributed by atoms with Crippen LogP contribution >= 0.6 is 0 Å². The number of nitrogens with zero attached hydrogens (tertiary/aromatic N) is 1. The lowest BCUT2D eigenvalue weighted by atomic mass is 10.2. The Balaban J connectivity index is 1.89. The molecule has 2 heterocycles. The number of ether oxygens (including phenoxy) is 2. The predicted octanol–water partition coefficient (Wildman–Crippen LogP) is 1.76.